The summed E-state index contributed by atoms with van der Waals surface area (Å²) in [4.78, 5) is 16.3. The Hall–Kier alpha value is -2.01. The Labute approximate surface area is 136 Å². The van der Waals surface area contributed by atoms with Crippen molar-refractivity contribution in [2.45, 2.75) is 40.0 Å². The lowest BCUT2D eigenvalue weighted by molar-refractivity contribution is -0.119. The molecule has 2 aromatic rings. The number of pyridine rings is 1. The molecule has 2 rings (SSSR count). The maximum absolute atomic E-state index is 11.7. The number of rotatable bonds is 4. The predicted octanol–water partition coefficient (Wildman–Crippen LogP) is 3.85. The molecule has 22 heavy (non-hydrogen) atoms. The summed E-state index contributed by atoms with van der Waals surface area (Å²) in [6.07, 6.45) is 2.35. The summed E-state index contributed by atoms with van der Waals surface area (Å²) in [5.74, 6) is -0.0498. The minimum atomic E-state index is -0.0498. The fourth-order valence-electron chi connectivity index (χ4n) is 2.25. The van der Waals surface area contributed by atoms with Crippen LogP contribution in [0.2, 0.25) is 0 Å². The van der Waals surface area contributed by atoms with E-state index in [1.807, 2.05) is 38.1 Å². The molecule has 0 atom stereocenters. The maximum Gasteiger partial charge on any atom is 0.226 e. The summed E-state index contributed by atoms with van der Waals surface area (Å²) < 4.78 is 0. The third-order valence-electron chi connectivity index (χ3n) is 3.47. The van der Waals surface area contributed by atoms with E-state index in [0.717, 1.165) is 40.7 Å². The number of thiocarbonyl (C=S) groups is 1. The molecule has 2 N–H and O–H groups in total. The molecule has 0 unspecified atom stereocenters. The molecule has 0 saturated heterocycles. The number of aryl methyl sites for hydroxylation is 2. The van der Waals surface area contributed by atoms with Crippen LogP contribution in [0.3, 0.4) is 0 Å². The number of fused-ring (bicyclic) bond motifs is 1. The Kier molecular flexibility index (Phi) is 5.44. The van der Waals surface area contributed by atoms with E-state index >= 15 is 0 Å². The molecule has 1 aromatic carbocycles. The highest BCUT2D eigenvalue weighted by atomic mass is 32.1. The summed E-state index contributed by atoms with van der Waals surface area (Å²) in [6.45, 7) is 6.02. The van der Waals surface area contributed by atoms with Gasteiger partial charge in [0.15, 0.2) is 5.11 Å². The van der Waals surface area contributed by atoms with E-state index in [4.69, 9.17) is 12.2 Å². The quantitative estimate of drug-likeness (QED) is 0.841. The third kappa shape index (κ3) is 4.01. The average molecular weight is 315 g/mol. The molecule has 116 valence electrons. The zero-order valence-corrected chi connectivity index (χ0v) is 14.0. The molecule has 0 bridgehead atoms. The van der Waals surface area contributed by atoms with Crippen molar-refractivity contribution in [2.75, 3.05) is 5.32 Å². The molecular formula is C17H21N3OS. The van der Waals surface area contributed by atoms with E-state index in [9.17, 15) is 4.79 Å². The van der Waals surface area contributed by atoms with Crippen molar-refractivity contribution >= 4 is 39.8 Å². The predicted molar refractivity (Wildman–Crippen MR) is 95.1 cm³/mol. The van der Waals surface area contributed by atoms with Crippen LogP contribution in [0.15, 0.2) is 24.3 Å². The molecule has 0 fully saturated rings. The summed E-state index contributed by atoms with van der Waals surface area (Å²) in [5, 5.41) is 7.19. The smallest absolute Gasteiger partial charge is 0.226 e. The summed E-state index contributed by atoms with van der Waals surface area (Å²) in [7, 11) is 0. The number of amides is 1. The number of hydrogen-bond acceptors (Lipinski definition) is 3. The maximum atomic E-state index is 11.7. The van der Waals surface area contributed by atoms with Crippen LogP contribution >= 0.6 is 12.2 Å². The molecular weight excluding hydrogens is 294 g/mol. The van der Waals surface area contributed by atoms with Crippen molar-refractivity contribution in [3.8, 4) is 0 Å². The van der Waals surface area contributed by atoms with E-state index in [1.54, 1.807) is 0 Å². The van der Waals surface area contributed by atoms with Crippen molar-refractivity contribution in [1.29, 1.82) is 0 Å². The van der Waals surface area contributed by atoms with Gasteiger partial charge in [0.1, 0.15) is 0 Å². The second kappa shape index (κ2) is 7.31. The molecule has 0 radical (unpaired) electrons. The normalized spacial score (nSPS) is 10.5. The van der Waals surface area contributed by atoms with Crippen LogP contribution in [0.25, 0.3) is 10.9 Å². The van der Waals surface area contributed by atoms with Gasteiger partial charge in [-0.3, -0.25) is 9.78 Å². The van der Waals surface area contributed by atoms with Crippen molar-refractivity contribution in [2.24, 2.45) is 0 Å². The number of hydrogen-bond donors (Lipinski definition) is 2. The minimum Gasteiger partial charge on any atom is -0.332 e. The van der Waals surface area contributed by atoms with E-state index in [0.29, 0.717) is 11.5 Å². The van der Waals surface area contributed by atoms with Gasteiger partial charge in [-0.1, -0.05) is 19.4 Å². The van der Waals surface area contributed by atoms with Crippen LogP contribution in [0.4, 0.5) is 5.69 Å². The Morgan fingerprint density at radius 1 is 1.23 bits per heavy atom. The number of carbonyl (C=O) groups is 1. The van der Waals surface area contributed by atoms with Crippen molar-refractivity contribution in [3.63, 3.8) is 0 Å². The van der Waals surface area contributed by atoms with E-state index in [1.165, 1.54) is 0 Å². The Morgan fingerprint density at radius 2 is 2.00 bits per heavy atom. The van der Waals surface area contributed by atoms with Gasteiger partial charge < -0.3 is 10.6 Å². The summed E-state index contributed by atoms with van der Waals surface area (Å²) >= 11 is 5.25. The number of carbonyl (C=O) groups excluding carboxylic acids is 1. The highest BCUT2D eigenvalue weighted by Crippen LogP contribution is 2.26. The van der Waals surface area contributed by atoms with E-state index in [-0.39, 0.29) is 5.91 Å². The van der Waals surface area contributed by atoms with Crippen LogP contribution in [0.1, 0.15) is 37.4 Å². The first-order chi connectivity index (χ1) is 10.5. The van der Waals surface area contributed by atoms with Gasteiger partial charge in [-0.05, 0) is 56.2 Å². The van der Waals surface area contributed by atoms with Crippen LogP contribution in [-0.2, 0) is 4.79 Å². The number of aromatic nitrogens is 1. The Bertz CT molecular complexity index is 712. The Balaban J connectivity index is 2.18. The Morgan fingerprint density at radius 3 is 2.73 bits per heavy atom. The number of unbranched alkanes of at least 4 members (excludes halogenated alkanes) is 1. The molecule has 1 heterocycles. The van der Waals surface area contributed by atoms with Gasteiger partial charge in [0.25, 0.3) is 0 Å². The molecule has 0 saturated carbocycles. The van der Waals surface area contributed by atoms with Crippen LogP contribution in [-0.4, -0.2) is 16.0 Å². The largest absolute Gasteiger partial charge is 0.332 e. The first-order valence-electron chi connectivity index (χ1n) is 7.49. The van der Waals surface area contributed by atoms with Gasteiger partial charge >= 0.3 is 0 Å². The first kappa shape index (κ1) is 16.4. The lowest BCUT2D eigenvalue weighted by Gasteiger charge is -2.14. The number of nitrogens with one attached hydrogen (secondary N) is 2. The molecule has 0 aliphatic rings. The highest BCUT2D eigenvalue weighted by Gasteiger charge is 2.09. The summed E-state index contributed by atoms with van der Waals surface area (Å²) in [6, 6.07) is 7.98. The standard InChI is InChI=1S/C17H21N3OS/c1-4-5-6-15(21)19-17(22)20-16-11(2)7-10-14-13(16)9-8-12(3)18-14/h7-10H,4-6H2,1-3H3,(H2,19,20,21,22). The van der Waals surface area contributed by atoms with Crippen LogP contribution in [0.5, 0.6) is 0 Å². The molecule has 5 heteroatoms. The average Bonchev–Trinajstić information content (AvgIpc) is 2.48. The van der Waals surface area contributed by atoms with Gasteiger partial charge in [0.05, 0.1) is 11.2 Å². The fraction of sp³-hybridized carbons (Fsp3) is 0.353. The van der Waals surface area contributed by atoms with Gasteiger partial charge in [-0.15, -0.1) is 0 Å². The topological polar surface area (TPSA) is 54.0 Å². The monoisotopic (exact) mass is 315 g/mol. The molecule has 1 amide bonds. The molecule has 0 spiro atoms. The number of anilines is 1. The SMILES string of the molecule is CCCCC(=O)NC(=S)Nc1c(C)ccc2nc(C)ccc12. The van der Waals surface area contributed by atoms with Crippen molar-refractivity contribution in [1.82, 2.24) is 10.3 Å². The third-order valence-corrected chi connectivity index (χ3v) is 3.67. The van der Waals surface area contributed by atoms with Gasteiger partial charge in [-0.2, -0.15) is 0 Å². The van der Waals surface area contributed by atoms with Crippen molar-refractivity contribution < 1.29 is 4.79 Å². The molecule has 0 aliphatic carbocycles. The molecule has 0 aliphatic heterocycles. The highest BCUT2D eigenvalue weighted by molar-refractivity contribution is 7.80. The minimum absolute atomic E-state index is 0.0498. The van der Waals surface area contributed by atoms with Gasteiger partial charge in [-0.25, -0.2) is 0 Å². The molecule has 1 aromatic heterocycles. The van der Waals surface area contributed by atoms with E-state index in [2.05, 4.69) is 22.5 Å². The first-order valence-corrected chi connectivity index (χ1v) is 7.90. The van der Waals surface area contributed by atoms with E-state index < -0.39 is 0 Å². The van der Waals surface area contributed by atoms with Gasteiger partial charge in [0.2, 0.25) is 5.91 Å². The second-order valence-electron chi connectivity index (χ2n) is 5.38. The molecule has 4 nitrogen and oxygen atoms in total. The number of nitrogens with zero attached hydrogens (tertiary/aromatic N) is 1. The van der Waals surface area contributed by atoms with Crippen LogP contribution in [0, 0.1) is 13.8 Å². The second-order valence-corrected chi connectivity index (χ2v) is 5.79. The lowest BCUT2D eigenvalue weighted by Crippen LogP contribution is -2.34. The summed E-state index contributed by atoms with van der Waals surface area (Å²) in [5.41, 5.74) is 3.83. The number of benzene rings is 1. The van der Waals surface area contributed by atoms with Gasteiger partial charge in [0, 0.05) is 17.5 Å². The fourth-order valence-corrected chi connectivity index (χ4v) is 2.47. The lowest BCUT2D eigenvalue weighted by atomic mass is 10.1. The van der Waals surface area contributed by atoms with Crippen molar-refractivity contribution in [3.05, 3.63) is 35.5 Å². The van der Waals surface area contributed by atoms with Crippen LogP contribution < -0.4 is 10.6 Å². The zero-order valence-electron chi connectivity index (χ0n) is 13.2. The zero-order chi connectivity index (χ0) is 16.1.